The van der Waals surface area contributed by atoms with Crippen molar-refractivity contribution in [3.05, 3.63) is 84.2 Å². The Morgan fingerprint density at radius 1 is 0.714 bits per heavy atom. The molecule has 0 aliphatic carbocycles. The normalized spacial score (nSPS) is 10.7. The summed E-state index contributed by atoms with van der Waals surface area (Å²) in [5.41, 5.74) is 0.973. The molecule has 0 fully saturated rings. The Balaban J connectivity index is 0.00000225. The van der Waals surface area contributed by atoms with Crippen molar-refractivity contribution in [2.45, 2.75) is 6.42 Å². The number of rotatable bonds is 4. The van der Waals surface area contributed by atoms with Crippen LogP contribution in [0.2, 0.25) is 0 Å². The van der Waals surface area contributed by atoms with Gasteiger partial charge in [0.15, 0.2) is 0 Å². The largest absolute Gasteiger partial charge is 2.00 e. The third-order valence-electron chi connectivity index (χ3n) is 3.63. The molecule has 0 aliphatic rings. The van der Waals surface area contributed by atoms with Gasteiger partial charge in [-0.15, -0.1) is 0 Å². The van der Waals surface area contributed by atoms with Gasteiger partial charge in [0.1, 0.15) is 23.8 Å². The van der Waals surface area contributed by atoms with Crippen LogP contribution in [0.1, 0.15) is 11.4 Å². The van der Waals surface area contributed by atoms with E-state index in [4.69, 9.17) is 0 Å². The van der Waals surface area contributed by atoms with Crippen LogP contribution in [0.15, 0.2) is 36.4 Å². The maximum atomic E-state index is 13.6. The van der Waals surface area contributed by atoms with Crippen molar-refractivity contribution >= 4 is 0 Å². The minimum absolute atomic E-state index is 0. The number of imidazole rings is 2. The summed E-state index contributed by atoms with van der Waals surface area (Å²) in [6.45, 7) is 0. The second-order valence-corrected chi connectivity index (χ2v) is 5.41. The molecule has 0 bridgehead atoms. The summed E-state index contributed by atoms with van der Waals surface area (Å²) >= 11 is 0. The fourth-order valence-corrected chi connectivity index (χ4v) is 2.42. The SMILES string of the molecule is Fc1n[c-]n(-c2cccc(Cc3cccc(-n4[c-]nc(F)c4F)n3)n2)c1F.[Pt+2]. The molecule has 28 heavy (non-hydrogen) atoms. The number of hydrogen-bond donors (Lipinski definition) is 0. The van der Waals surface area contributed by atoms with E-state index in [1.54, 1.807) is 24.3 Å². The van der Waals surface area contributed by atoms with Crippen LogP contribution in [0.4, 0.5) is 17.6 Å². The first kappa shape index (κ1) is 19.9. The van der Waals surface area contributed by atoms with E-state index in [1.165, 1.54) is 12.1 Å². The molecule has 0 saturated heterocycles. The van der Waals surface area contributed by atoms with Crippen molar-refractivity contribution in [2.75, 3.05) is 0 Å². The molecule has 0 spiro atoms. The molecule has 0 N–H and O–H groups in total. The molecule has 4 aromatic rings. The number of nitrogens with zero attached hydrogens (tertiary/aromatic N) is 6. The van der Waals surface area contributed by atoms with Gasteiger partial charge >= 0.3 is 21.1 Å². The molecule has 4 rings (SSSR count). The van der Waals surface area contributed by atoms with Crippen LogP contribution in [0, 0.1) is 36.4 Å². The van der Waals surface area contributed by atoms with Gasteiger partial charge in [-0.3, -0.25) is 18.7 Å². The molecule has 144 valence electrons. The van der Waals surface area contributed by atoms with Gasteiger partial charge in [0.25, 0.3) is 0 Å². The Kier molecular flexibility index (Phi) is 5.69. The van der Waals surface area contributed by atoms with Gasteiger partial charge in [-0.1, -0.05) is 24.3 Å². The smallest absolute Gasteiger partial charge is 0.386 e. The monoisotopic (exact) mass is 567 g/mol. The van der Waals surface area contributed by atoms with Crippen molar-refractivity contribution in [2.24, 2.45) is 0 Å². The van der Waals surface area contributed by atoms with Gasteiger partial charge in [0.05, 0.1) is 11.6 Å². The number of aromatic nitrogens is 6. The molecule has 4 aromatic heterocycles. The van der Waals surface area contributed by atoms with E-state index in [2.05, 4.69) is 32.6 Å². The molecule has 4 heterocycles. The van der Waals surface area contributed by atoms with Crippen LogP contribution >= 0.6 is 0 Å². The van der Waals surface area contributed by atoms with Gasteiger partial charge in [-0.25, -0.2) is 8.78 Å². The molecule has 0 atom stereocenters. The summed E-state index contributed by atoms with van der Waals surface area (Å²) < 4.78 is 54.9. The minimum atomic E-state index is -1.28. The summed E-state index contributed by atoms with van der Waals surface area (Å²) in [4.78, 5) is 14.7. The summed E-state index contributed by atoms with van der Waals surface area (Å²) in [5.74, 6) is -4.77. The van der Waals surface area contributed by atoms with Gasteiger partial charge < -0.3 is 19.1 Å². The zero-order chi connectivity index (χ0) is 19.0. The zero-order valence-electron chi connectivity index (χ0n) is 13.7. The van der Waals surface area contributed by atoms with Crippen LogP contribution in [0.3, 0.4) is 0 Å². The fourth-order valence-electron chi connectivity index (χ4n) is 2.42. The van der Waals surface area contributed by atoms with Crippen LogP contribution in [0.25, 0.3) is 11.6 Å². The summed E-state index contributed by atoms with van der Waals surface area (Å²) in [6.07, 6.45) is 4.54. The zero-order valence-corrected chi connectivity index (χ0v) is 16.0. The van der Waals surface area contributed by atoms with Crippen LogP contribution in [-0.2, 0) is 27.5 Å². The van der Waals surface area contributed by atoms with Gasteiger partial charge in [-0.05, 0) is 12.1 Å². The summed E-state index contributed by atoms with van der Waals surface area (Å²) in [6, 6.07) is 9.45. The molecular weight excluding hydrogens is 559 g/mol. The first-order valence-corrected chi connectivity index (χ1v) is 7.58. The second-order valence-electron chi connectivity index (χ2n) is 5.41. The molecule has 0 aliphatic heterocycles. The van der Waals surface area contributed by atoms with Crippen LogP contribution in [0.5, 0.6) is 0 Å². The van der Waals surface area contributed by atoms with Crippen molar-refractivity contribution in [1.29, 1.82) is 0 Å². The second kappa shape index (κ2) is 8.02. The molecule has 0 aromatic carbocycles. The Morgan fingerprint density at radius 2 is 1.14 bits per heavy atom. The molecule has 0 radical (unpaired) electrons. The molecule has 0 saturated carbocycles. The standard InChI is InChI=1S/C17H8F4N6.Pt/c18-14-16(20)26(8-22-14)12-5-1-3-10(24-12)7-11-4-2-6-13(25-11)27-9-23-15(19)17(27)21;/h1-6H,7H2;/q-2;+2. The number of hydrogen-bond acceptors (Lipinski definition) is 4. The van der Waals surface area contributed by atoms with E-state index in [0.717, 1.165) is 9.13 Å². The van der Waals surface area contributed by atoms with E-state index < -0.39 is 23.8 Å². The predicted molar refractivity (Wildman–Crippen MR) is 83.0 cm³/mol. The molecular formula is C17H8F4N6Pt. The van der Waals surface area contributed by atoms with Crippen molar-refractivity contribution in [1.82, 2.24) is 29.1 Å². The van der Waals surface area contributed by atoms with E-state index in [1.807, 2.05) is 0 Å². The molecule has 0 amide bonds. The third kappa shape index (κ3) is 3.73. The molecule has 6 nitrogen and oxygen atoms in total. The first-order valence-electron chi connectivity index (χ1n) is 7.58. The fraction of sp³-hybridized carbons (Fsp3) is 0.0588. The van der Waals surface area contributed by atoms with Crippen LogP contribution in [-0.4, -0.2) is 29.1 Å². The Bertz CT molecular complexity index is 1040. The van der Waals surface area contributed by atoms with E-state index in [9.17, 15) is 17.6 Å². The van der Waals surface area contributed by atoms with E-state index in [-0.39, 0.29) is 39.1 Å². The van der Waals surface area contributed by atoms with Crippen LogP contribution < -0.4 is 0 Å². The Labute approximate surface area is 170 Å². The van der Waals surface area contributed by atoms with Gasteiger partial charge in [0.2, 0.25) is 0 Å². The van der Waals surface area contributed by atoms with E-state index in [0.29, 0.717) is 11.4 Å². The summed E-state index contributed by atoms with van der Waals surface area (Å²) in [5, 5.41) is 0. The minimum Gasteiger partial charge on any atom is -0.386 e. The Morgan fingerprint density at radius 3 is 1.50 bits per heavy atom. The average molecular weight is 567 g/mol. The third-order valence-corrected chi connectivity index (χ3v) is 3.63. The maximum absolute atomic E-state index is 13.6. The quantitative estimate of drug-likeness (QED) is 0.281. The molecule has 0 unspecified atom stereocenters. The number of halogens is 4. The summed E-state index contributed by atoms with van der Waals surface area (Å²) in [7, 11) is 0. The predicted octanol–water partition coefficient (Wildman–Crippen LogP) is 2.59. The van der Waals surface area contributed by atoms with Crippen molar-refractivity contribution in [3.8, 4) is 11.6 Å². The topological polar surface area (TPSA) is 61.4 Å². The van der Waals surface area contributed by atoms with Crippen molar-refractivity contribution < 1.29 is 38.6 Å². The van der Waals surface area contributed by atoms with Gasteiger partial charge in [0, 0.05) is 30.5 Å². The first-order chi connectivity index (χ1) is 13.0. The average Bonchev–Trinajstić information content (AvgIpc) is 3.18. The molecule has 11 heteroatoms. The Hall–Kier alpha value is -2.87. The van der Waals surface area contributed by atoms with E-state index >= 15 is 0 Å². The van der Waals surface area contributed by atoms with Crippen molar-refractivity contribution in [3.63, 3.8) is 0 Å². The maximum Gasteiger partial charge on any atom is 2.00 e. The van der Waals surface area contributed by atoms with Gasteiger partial charge in [-0.2, -0.15) is 0 Å². The number of pyridine rings is 2.